The van der Waals surface area contributed by atoms with Gasteiger partial charge in [0.05, 0.1) is 6.54 Å². The van der Waals surface area contributed by atoms with Crippen molar-refractivity contribution in [3.63, 3.8) is 0 Å². The molecule has 3 heteroatoms. The molecule has 0 fully saturated rings. The van der Waals surface area contributed by atoms with E-state index in [0.717, 1.165) is 18.7 Å². The van der Waals surface area contributed by atoms with Crippen molar-refractivity contribution in [2.24, 2.45) is 0 Å². The Labute approximate surface area is 105 Å². The van der Waals surface area contributed by atoms with Crippen LogP contribution in [0.25, 0.3) is 0 Å². The first-order valence-electron chi connectivity index (χ1n) is 5.91. The number of rotatable bonds is 9. The lowest BCUT2D eigenvalue weighted by Crippen LogP contribution is -2.41. The quantitative estimate of drug-likeness (QED) is 0.572. The molecule has 17 heavy (non-hydrogen) atoms. The molecule has 0 aliphatic heterocycles. The van der Waals surface area contributed by atoms with E-state index >= 15 is 0 Å². The van der Waals surface area contributed by atoms with Gasteiger partial charge in [0.1, 0.15) is 0 Å². The second kappa shape index (κ2) is 8.76. The van der Waals surface area contributed by atoms with E-state index in [9.17, 15) is 4.79 Å². The number of likely N-dealkylation sites (N-methyl/N-ethyl adjacent to an activating group) is 1. The Morgan fingerprint density at radius 1 is 1.18 bits per heavy atom. The van der Waals surface area contributed by atoms with Gasteiger partial charge in [0.2, 0.25) is 5.91 Å². The third kappa shape index (κ3) is 6.74. The van der Waals surface area contributed by atoms with Crippen molar-refractivity contribution < 1.29 is 4.79 Å². The maximum atomic E-state index is 12.0. The molecule has 1 amide bonds. The van der Waals surface area contributed by atoms with Crippen LogP contribution in [0.5, 0.6) is 0 Å². The molecule has 0 aromatic rings. The third-order valence-corrected chi connectivity index (χ3v) is 2.35. The van der Waals surface area contributed by atoms with Crippen LogP contribution < -0.4 is 0 Å². The standard InChI is InChI=1S/C14H24N2O/c1-6-9-16(10-7-2)14(17)12-15(8-3)11-13(4)5/h6-7H,1-2,4,8-12H2,3,5H3. The average Bonchev–Trinajstić information content (AvgIpc) is 2.27. The number of carbonyl (C=O) groups is 1. The van der Waals surface area contributed by atoms with Crippen LogP contribution in [-0.2, 0) is 4.79 Å². The number of hydrogen-bond acceptors (Lipinski definition) is 2. The lowest BCUT2D eigenvalue weighted by Gasteiger charge is -2.25. The molecule has 0 N–H and O–H groups in total. The van der Waals surface area contributed by atoms with Gasteiger partial charge in [0.25, 0.3) is 0 Å². The minimum Gasteiger partial charge on any atom is -0.334 e. The Kier molecular flexibility index (Phi) is 8.07. The molecule has 0 radical (unpaired) electrons. The second-order valence-corrected chi connectivity index (χ2v) is 4.14. The molecule has 0 bridgehead atoms. The highest BCUT2D eigenvalue weighted by Crippen LogP contribution is 1.99. The Morgan fingerprint density at radius 2 is 1.71 bits per heavy atom. The zero-order valence-corrected chi connectivity index (χ0v) is 11.1. The van der Waals surface area contributed by atoms with Gasteiger partial charge in [-0.05, 0) is 13.5 Å². The molecule has 0 spiro atoms. The normalized spacial score (nSPS) is 10.1. The predicted molar refractivity (Wildman–Crippen MR) is 73.9 cm³/mol. The maximum absolute atomic E-state index is 12.0. The molecule has 96 valence electrons. The summed E-state index contributed by atoms with van der Waals surface area (Å²) >= 11 is 0. The Bertz CT molecular complexity index is 274. The van der Waals surface area contributed by atoms with Crippen LogP contribution in [0.15, 0.2) is 37.5 Å². The van der Waals surface area contributed by atoms with Gasteiger partial charge < -0.3 is 4.90 Å². The lowest BCUT2D eigenvalue weighted by atomic mass is 10.3. The van der Waals surface area contributed by atoms with Crippen LogP contribution in [0, 0.1) is 0 Å². The highest BCUT2D eigenvalue weighted by atomic mass is 16.2. The van der Waals surface area contributed by atoms with Crippen molar-refractivity contribution in [2.45, 2.75) is 13.8 Å². The minimum atomic E-state index is 0.105. The maximum Gasteiger partial charge on any atom is 0.237 e. The topological polar surface area (TPSA) is 23.6 Å². The van der Waals surface area contributed by atoms with Gasteiger partial charge in [0, 0.05) is 19.6 Å². The SMILES string of the molecule is C=CCN(CC=C)C(=O)CN(CC)CC(=C)C. The van der Waals surface area contributed by atoms with Crippen molar-refractivity contribution in [1.29, 1.82) is 0 Å². The molecule has 3 nitrogen and oxygen atoms in total. The van der Waals surface area contributed by atoms with E-state index in [0.29, 0.717) is 19.6 Å². The Balaban J connectivity index is 4.38. The van der Waals surface area contributed by atoms with Crippen molar-refractivity contribution in [3.05, 3.63) is 37.5 Å². The van der Waals surface area contributed by atoms with Gasteiger partial charge in [-0.1, -0.05) is 31.2 Å². The molecular formula is C14H24N2O. The number of amides is 1. The summed E-state index contributed by atoms with van der Waals surface area (Å²) in [5.41, 5.74) is 1.07. The smallest absolute Gasteiger partial charge is 0.237 e. The molecule has 0 heterocycles. The minimum absolute atomic E-state index is 0.105. The van der Waals surface area contributed by atoms with E-state index in [1.807, 2.05) is 13.8 Å². The van der Waals surface area contributed by atoms with Crippen molar-refractivity contribution >= 4 is 5.91 Å². The largest absolute Gasteiger partial charge is 0.334 e. The third-order valence-electron chi connectivity index (χ3n) is 2.35. The van der Waals surface area contributed by atoms with Crippen LogP contribution in [0.4, 0.5) is 0 Å². The van der Waals surface area contributed by atoms with Gasteiger partial charge >= 0.3 is 0 Å². The Morgan fingerprint density at radius 3 is 2.06 bits per heavy atom. The summed E-state index contributed by atoms with van der Waals surface area (Å²) in [4.78, 5) is 15.8. The van der Waals surface area contributed by atoms with Crippen LogP contribution in [0.1, 0.15) is 13.8 Å². The first kappa shape index (κ1) is 15.7. The molecular weight excluding hydrogens is 212 g/mol. The molecule has 0 aliphatic carbocycles. The average molecular weight is 236 g/mol. The summed E-state index contributed by atoms with van der Waals surface area (Å²) in [7, 11) is 0. The van der Waals surface area contributed by atoms with Crippen molar-refractivity contribution in [1.82, 2.24) is 9.80 Å². The van der Waals surface area contributed by atoms with Crippen LogP contribution >= 0.6 is 0 Å². The van der Waals surface area contributed by atoms with Crippen LogP contribution in [-0.4, -0.2) is 48.4 Å². The van der Waals surface area contributed by atoms with Crippen LogP contribution in [0.3, 0.4) is 0 Å². The highest BCUT2D eigenvalue weighted by Gasteiger charge is 2.14. The monoisotopic (exact) mass is 236 g/mol. The Hall–Kier alpha value is -1.35. The fraction of sp³-hybridized carbons (Fsp3) is 0.500. The van der Waals surface area contributed by atoms with E-state index in [-0.39, 0.29) is 5.91 Å². The second-order valence-electron chi connectivity index (χ2n) is 4.14. The fourth-order valence-electron chi connectivity index (χ4n) is 1.54. The summed E-state index contributed by atoms with van der Waals surface area (Å²) in [6.45, 7) is 18.4. The van der Waals surface area contributed by atoms with Gasteiger partial charge in [-0.3, -0.25) is 9.69 Å². The molecule has 0 aromatic heterocycles. The highest BCUT2D eigenvalue weighted by molar-refractivity contribution is 5.78. The van der Waals surface area contributed by atoms with E-state index in [2.05, 4.69) is 24.6 Å². The zero-order valence-electron chi connectivity index (χ0n) is 11.1. The van der Waals surface area contributed by atoms with E-state index in [4.69, 9.17) is 0 Å². The van der Waals surface area contributed by atoms with Crippen molar-refractivity contribution in [2.75, 3.05) is 32.7 Å². The summed E-state index contributed by atoms with van der Waals surface area (Å²) in [6.07, 6.45) is 3.47. The number of hydrogen-bond donors (Lipinski definition) is 0. The predicted octanol–water partition coefficient (Wildman–Crippen LogP) is 2.08. The summed E-state index contributed by atoms with van der Waals surface area (Å²) in [5, 5.41) is 0. The van der Waals surface area contributed by atoms with Gasteiger partial charge in [-0.15, -0.1) is 13.2 Å². The van der Waals surface area contributed by atoms with Gasteiger partial charge in [-0.2, -0.15) is 0 Å². The first-order valence-corrected chi connectivity index (χ1v) is 5.91. The van der Waals surface area contributed by atoms with Gasteiger partial charge in [0.15, 0.2) is 0 Å². The molecule has 0 saturated carbocycles. The fourth-order valence-corrected chi connectivity index (χ4v) is 1.54. The number of carbonyl (C=O) groups excluding carboxylic acids is 1. The van der Waals surface area contributed by atoms with E-state index in [1.54, 1.807) is 17.1 Å². The molecule has 0 rings (SSSR count). The molecule has 0 aliphatic rings. The van der Waals surface area contributed by atoms with E-state index in [1.165, 1.54) is 0 Å². The molecule has 0 saturated heterocycles. The lowest BCUT2D eigenvalue weighted by molar-refractivity contribution is -0.131. The summed E-state index contributed by atoms with van der Waals surface area (Å²) in [5.74, 6) is 0.105. The molecule has 0 aromatic carbocycles. The van der Waals surface area contributed by atoms with Crippen LogP contribution in [0.2, 0.25) is 0 Å². The molecule has 0 atom stereocenters. The molecule has 0 unspecified atom stereocenters. The zero-order chi connectivity index (χ0) is 13.3. The van der Waals surface area contributed by atoms with Crippen molar-refractivity contribution in [3.8, 4) is 0 Å². The van der Waals surface area contributed by atoms with Gasteiger partial charge in [-0.25, -0.2) is 0 Å². The number of nitrogens with zero attached hydrogens (tertiary/aromatic N) is 2. The van der Waals surface area contributed by atoms with E-state index < -0.39 is 0 Å². The summed E-state index contributed by atoms with van der Waals surface area (Å²) < 4.78 is 0. The first-order chi connectivity index (χ1) is 8.04. The summed E-state index contributed by atoms with van der Waals surface area (Å²) in [6, 6.07) is 0.